The first-order valence-corrected chi connectivity index (χ1v) is 7.31. The van der Waals surface area contributed by atoms with Gasteiger partial charge in [-0.1, -0.05) is 24.3 Å². The SMILES string of the molecule is C=CCNc1cnc(C(=O)NCCc2ccccc2OC)cn1. The van der Waals surface area contributed by atoms with Gasteiger partial charge in [0.25, 0.3) is 5.91 Å². The topological polar surface area (TPSA) is 76.1 Å². The number of hydrogen-bond donors (Lipinski definition) is 2. The minimum absolute atomic E-state index is 0.248. The first-order chi connectivity index (χ1) is 11.2. The number of carbonyl (C=O) groups excluding carboxylic acids is 1. The number of aromatic nitrogens is 2. The lowest BCUT2D eigenvalue weighted by Gasteiger charge is -2.09. The Morgan fingerprint density at radius 3 is 2.83 bits per heavy atom. The van der Waals surface area contributed by atoms with Crippen molar-refractivity contribution < 1.29 is 9.53 Å². The highest BCUT2D eigenvalue weighted by molar-refractivity contribution is 5.92. The van der Waals surface area contributed by atoms with Gasteiger partial charge in [0.1, 0.15) is 17.3 Å². The number of nitrogens with zero attached hydrogens (tertiary/aromatic N) is 2. The summed E-state index contributed by atoms with van der Waals surface area (Å²) in [5.41, 5.74) is 1.33. The Labute approximate surface area is 135 Å². The van der Waals surface area contributed by atoms with E-state index in [1.54, 1.807) is 13.2 Å². The van der Waals surface area contributed by atoms with E-state index in [-0.39, 0.29) is 11.6 Å². The van der Waals surface area contributed by atoms with Gasteiger partial charge >= 0.3 is 0 Å². The molecule has 6 heteroatoms. The summed E-state index contributed by atoms with van der Waals surface area (Å²) in [5, 5.41) is 5.83. The number of methoxy groups -OCH3 is 1. The van der Waals surface area contributed by atoms with Crippen LogP contribution in [0, 0.1) is 0 Å². The van der Waals surface area contributed by atoms with E-state index in [2.05, 4.69) is 27.2 Å². The van der Waals surface area contributed by atoms with E-state index in [0.717, 1.165) is 11.3 Å². The molecular weight excluding hydrogens is 292 g/mol. The zero-order valence-electron chi connectivity index (χ0n) is 13.1. The quantitative estimate of drug-likeness (QED) is 0.730. The summed E-state index contributed by atoms with van der Waals surface area (Å²) in [7, 11) is 1.63. The van der Waals surface area contributed by atoms with Crippen LogP contribution in [0.2, 0.25) is 0 Å². The lowest BCUT2D eigenvalue weighted by atomic mass is 10.1. The van der Waals surface area contributed by atoms with Crippen LogP contribution in [0.1, 0.15) is 16.1 Å². The fraction of sp³-hybridized carbons (Fsp3) is 0.235. The summed E-state index contributed by atoms with van der Waals surface area (Å²) in [6, 6.07) is 7.74. The summed E-state index contributed by atoms with van der Waals surface area (Å²) in [6.45, 7) is 4.70. The smallest absolute Gasteiger partial charge is 0.271 e. The third kappa shape index (κ3) is 4.81. The molecule has 2 N–H and O–H groups in total. The van der Waals surface area contributed by atoms with E-state index in [1.807, 2.05) is 24.3 Å². The van der Waals surface area contributed by atoms with Crippen molar-refractivity contribution in [2.24, 2.45) is 0 Å². The van der Waals surface area contributed by atoms with Crippen molar-refractivity contribution in [2.75, 3.05) is 25.5 Å². The van der Waals surface area contributed by atoms with Crippen LogP contribution < -0.4 is 15.4 Å². The molecule has 0 aliphatic rings. The highest BCUT2D eigenvalue weighted by atomic mass is 16.5. The van der Waals surface area contributed by atoms with Crippen molar-refractivity contribution in [1.82, 2.24) is 15.3 Å². The van der Waals surface area contributed by atoms with Crippen LogP contribution >= 0.6 is 0 Å². The first kappa shape index (κ1) is 16.5. The third-order valence-electron chi connectivity index (χ3n) is 3.18. The molecule has 6 nitrogen and oxygen atoms in total. The molecule has 23 heavy (non-hydrogen) atoms. The maximum Gasteiger partial charge on any atom is 0.271 e. The fourth-order valence-electron chi connectivity index (χ4n) is 2.02. The third-order valence-corrected chi connectivity index (χ3v) is 3.18. The summed E-state index contributed by atoms with van der Waals surface area (Å²) < 4.78 is 5.28. The van der Waals surface area contributed by atoms with E-state index in [1.165, 1.54) is 12.4 Å². The van der Waals surface area contributed by atoms with E-state index in [4.69, 9.17) is 4.74 Å². The minimum Gasteiger partial charge on any atom is -0.496 e. The predicted octanol–water partition coefficient (Wildman–Crippen LogP) is 2.06. The summed E-state index contributed by atoms with van der Waals surface area (Å²) in [4.78, 5) is 20.3. The molecule has 0 unspecified atom stereocenters. The molecule has 1 aromatic heterocycles. The molecular formula is C17H20N4O2. The predicted molar refractivity (Wildman–Crippen MR) is 89.7 cm³/mol. The molecule has 0 aliphatic heterocycles. The Balaban J connectivity index is 1.86. The standard InChI is InChI=1S/C17H20N4O2/c1-3-9-18-16-12-20-14(11-21-16)17(22)19-10-8-13-6-4-5-7-15(13)23-2/h3-7,11-12H,1,8-10H2,2H3,(H,18,21)(H,19,22). The number of rotatable bonds is 8. The van der Waals surface area contributed by atoms with E-state index < -0.39 is 0 Å². The second kappa shape index (κ2) is 8.53. The zero-order chi connectivity index (χ0) is 16.5. The van der Waals surface area contributed by atoms with Gasteiger partial charge in [0, 0.05) is 13.1 Å². The fourth-order valence-corrected chi connectivity index (χ4v) is 2.02. The molecule has 1 amide bonds. The Kier molecular flexibility index (Phi) is 6.11. The Bertz CT molecular complexity index is 656. The van der Waals surface area contributed by atoms with Gasteiger partial charge in [0.15, 0.2) is 0 Å². The van der Waals surface area contributed by atoms with Crippen LogP contribution in [0.25, 0.3) is 0 Å². The number of carbonyl (C=O) groups is 1. The second-order valence-corrected chi connectivity index (χ2v) is 4.77. The largest absolute Gasteiger partial charge is 0.496 e. The first-order valence-electron chi connectivity index (χ1n) is 7.31. The zero-order valence-corrected chi connectivity index (χ0v) is 13.1. The van der Waals surface area contributed by atoms with E-state index in [0.29, 0.717) is 25.3 Å². The highest BCUT2D eigenvalue weighted by Gasteiger charge is 2.08. The number of amides is 1. The molecule has 0 bridgehead atoms. The van der Waals surface area contributed by atoms with E-state index >= 15 is 0 Å². The average molecular weight is 312 g/mol. The molecule has 0 fully saturated rings. The molecule has 0 aliphatic carbocycles. The van der Waals surface area contributed by atoms with Crippen LogP contribution in [-0.4, -0.2) is 36.1 Å². The molecule has 2 rings (SSSR count). The van der Waals surface area contributed by atoms with Crippen LogP contribution in [-0.2, 0) is 6.42 Å². The van der Waals surface area contributed by atoms with E-state index in [9.17, 15) is 4.79 Å². The van der Waals surface area contributed by atoms with Gasteiger partial charge in [0.05, 0.1) is 19.5 Å². The Morgan fingerprint density at radius 2 is 2.13 bits per heavy atom. The van der Waals surface area contributed by atoms with Crippen molar-refractivity contribution in [3.8, 4) is 5.75 Å². The van der Waals surface area contributed by atoms with Gasteiger partial charge in [-0.3, -0.25) is 4.79 Å². The molecule has 1 heterocycles. The van der Waals surface area contributed by atoms with Gasteiger partial charge < -0.3 is 15.4 Å². The number of nitrogens with one attached hydrogen (secondary N) is 2. The molecule has 0 atom stereocenters. The number of hydrogen-bond acceptors (Lipinski definition) is 5. The van der Waals surface area contributed by atoms with Gasteiger partial charge in [-0.2, -0.15) is 0 Å². The molecule has 2 aromatic rings. The van der Waals surface area contributed by atoms with Crippen molar-refractivity contribution in [1.29, 1.82) is 0 Å². The monoisotopic (exact) mass is 312 g/mol. The van der Waals surface area contributed by atoms with Crippen LogP contribution in [0.3, 0.4) is 0 Å². The van der Waals surface area contributed by atoms with Gasteiger partial charge in [-0.05, 0) is 18.1 Å². The number of ether oxygens (including phenoxy) is 1. The van der Waals surface area contributed by atoms with Crippen LogP contribution in [0.5, 0.6) is 5.75 Å². The van der Waals surface area contributed by atoms with Crippen molar-refractivity contribution in [3.63, 3.8) is 0 Å². The van der Waals surface area contributed by atoms with Crippen molar-refractivity contribution >= 4 is 11.7 Å². The molecule has 0 saturated carbocycles. The highest BCUT2D eigenvalue weighted by Crippen LogP contribution is 2.17. The van der Waals surface area contributed by atoms with Gasteiger partial charge in [0.2, 0.25) is 0 Å². The Hall–Kier alpha value is -2.89. The molecule has 1 aromatic carbocycles. The van der Waals surface area contributed by atoms with Crippen LogP contribution in [0.15, 0.2) is 49.3 Å². The van der Waals surface area contributed by atoms with Crippen molar-refractivity contribution in [3.05, 3.63) is 60.6 Å². The normalized spacial score (nSPS) is 9.96. The summed E-state index contributed by atoms with van der Waals surface area (Å²) in [5.74, 6) is 1.18. The number of para-hydroxylation sites is 1. The molecule has 120 valence electrons. The molecule has 0 saturated heterocycles. The van der Waals surface area contributed by atoms with Crippen molar-refractivity contribution in [2.45, 2.75) is 6.42 Å². The van der Waals surface area contributed by atoms with Crippen LogP contribution in [0.4, 0.5) is 5.82 Å². The maximum atomic E-state index is 12.0. The lowest BCUT2D eigenvalue weighted by Crippen LogP contribution is -2.26. The summed E-state index contributed by atoms with van der Waals surface area (Å²) in [6.07, 6.45) is 5.38. The number of benzene rings is 1. The summed E-state index contributed by atoms with van der Waals surface area (Å²) >= 11 is 0. The molecule has 0 spiro atoms. The number of anilines is 1. The van der Waals surface area contributed by atoms with Gasteiger partial charge in [-0.15, -0.1) is 6.58 Å². The molecule has 0 radical (unpaired) electrons. The minimum atomic E-state index is -0.248. The maximum absolute atomic E-state index is 12.0. The van der Waals surface area contributed by atoms with Gasteiger partial charge in [-0.25, -0.2) is 9.97 Å². The second-order valence-electron chi connectivity index (χ2n) is 4.77. The Morgan fingerprint density at radius 1 is 1.30 bits per heavy atom. The average Bonchev–Trinajstić information content (AvgIpc) is 2.60. The lowest BCUT2D eigenvalue weighted by molar-refractivity contribution is 0.0948.